The van der Waals surface area contributed by atoms with E-state index in [1.807, 2.05) is 19.0 Å². The molecule has 1 fully saturated rings. The second-order valence-corrected chi connectivity index (χ2v) is 7.08. The number of rotatable bonds is 6. The molecule has 2 aromatic rings. The van der Waals surface area contributed by atoms with Gasteiger partial charge in [-0.25, -0.2) is 0 Å². The van der Waals surface area contributed by atoms with Crippen LogP contribution in [0.1, 0.15) is 31.3 Å². The monoisotopic (exact) mass is 399 g/mol. The molecule has 0 atom stereocenters. The van der Waals surface area contributed by atoms with Crippen molar-refractivity contribution in [1.29, 1.82) is 0 Å². The second kappa shape index (κ2) is 9.33. The molecule has 1 aliphatic rings. The van der Waals surface area contributed by atoms with Crippen LogP contribution in [0.2, 0.25) is 0 Å². The number of carbonyl (C=O) groups excluding carboxylic acids is 3. The van der Waals surface area contributed by atoms with Gasteiger partial charge in [0.05, 0.1) is 17.4 Å². The van der Waals surface area contributed by atoms with Crippen molar-refractivity contribution in [2.45, 2.75) is 0 Å². The Kier molecular flexibility index (Phi) is 6.61. The van der Waals surface area contributed by atoms with Crippen molar-refractivity contribution >= 4 is 17.7 Å². The van der Waals surface area contributed by atoms with Crippen molar-refractivity contribution in [2.24, 2.45) is 0 Å². The first-order valence-corrected chi connectivity index (χ1v) is 9.45. The van der Waals surface area contributed by atoms with E-state index in [-0.39, 0.29) is 17.7 Å². The van der Waals surface area contributed by atoms with Crippen molar-refractivity contribution < 1.29 is 18.8 Å². The van der Waals surface area contributed by atoms with Gasteiger partial charge >= 0.3 is 0 Å². The van der Waals surface area contributed by atoms with Gasteiger partial charge in [0.2, 0.25) is 0 Å². The Morgan fingerprint density at radius 2 is 1.72 bits per heavy atom. The smallest absolute Gasteiger partial charge is 0.289 e. The van der Waals surface area contributed by atoms with Crippen LogP contribution in [-0.4, -0.2) is 90.8 Å². The number of amides is 3. The largest absolute Gasteiger partial charge is 0.459 e. The number of hydrogen-bond acceptors (Lipinski definition) is 6. The Morgan fingerprint density at radius 1 is 1.07 bits per heavy atom. The molecule has 1 aliphatic heterocycles. The van der Waals surface area contributed by atoms with Crippen LogP contribution in [0.15, 0.2) is 41.3 Å². The van der Waals surface area contributed by atoms with Crippen LogP contribution in [-0.2, 0) is 0 Å². The van der Waals surface area contributed by atoms with Crippen molar-refractivity contribution in [1.82, 2.24) is 25.0 Å². The Bertz CT molecular complexity index is 858. The molecule has 9 heteroatoms. The highest BCUT2D eigenvalue weighted by Gasteiger charge is 2.27. The molecule has 0 radical (unpaired) electrons. The minimum Gasteiger partial charge on any atom is -0.459 e. The zero-order valence-corrected chi connectivity index (χ0v) is 16.6. The van der Waals surface area contributed by atoms with Crippen LogP contribution in [0, 0.1) is 0 Å². The van der Waals surface area contributed by atoms with Gasteiger partial charge in [-0.2, -0.15) is 0 Å². The fourth-order valence-electron chi connectivity index (χ4n) is 3.03. The summed E-state index contributed by atoms with van der Waals surface area (Å²) in [5.41, 5.74) is 0.706. The van der Waals surface area contributed by atoms with Gasteiger partial charge in [-0.15, -0.1) is 0 Å². The number of aromatic nitrogens is 1. The van der Waals surface area contributed by atoms with Gasteiger partial charge in [-0.1, -0.05) is 0 Å². The maximum absolute atomic E-state index is 12.8. The van der Waals surface area contributed by atoms with Gasteiger partial charge in [-0.3, -0.25) is 19.4 Å². The summed E-state index contributed by atoms with van der Waals surface area (Å²) in [6.45, 7) is 2.89. The first kappa shape index (κ1) is 20.5. The number of carbonyl (C=O) groups is 3. The molecule has 0 aliphatic carbocycles. The van der Waals surface area contributed by atoms with Crippen molar-refractivity contribution in [3.63, 3.8) is 0 Å². The quantitative estimate of drug-likeness (QED) is 0.762. The summed E-state index contributed by atoms with van der Waals surface area (Å²) >= 11 is 0. The molecule has 0 bridgehead atoms. The summed E-state index contributed by atoms with van der Waals surface area (Å²) in [6.07, 6.45) is 4.37. The van der Waals surface area contributed by atoms with Crippen molar-refractivity contribution in [3.8, 4) is 0 Å². The SMILES string of the molecule is CN(C)CCNC(=O)c1cncc(C(=O)N2CCN(C(=O)c3ccco3)CC2)c1. The number of nitrogens with one attached hydrogen (secondary N) is 1. The Balaban J connectivity index is 1.57. The molecule has 0 spiro atoms. The molecule has 9 nitrogen and oxygen atoms in total. The van der Waals surface area contributed by atoms with E-state index < -0.39 is 0 Å². The number of furan rings is 1. The maximum atomic E-state index is 12.8. The van der Waals surface area contributed by atoms with E-state index in [2.05, 4.69) is 10.3 Å². The molecule has 1 N–H and O–H groups in total. The zero-order valence-electron chi connectivity index (χ0n) is 16.6. The van der Waals surface area contributed by atoms with Crippen LogP contribution in [0.5, 0.6) is 0 Å². The summed E-state index contributed by atoms with van der Waals surface area (Å²) in [7, 11) is 3.85. The van der Waals surface area contributed by atoms with Crippen LogP contribution in [0.3, 0.4) is 0 Å². The fraction of sp³-hybridized carbons (Fsp3) is 0.400. The van der Waals surface area contributed by atoms with E-state index >= 15 is 0 Å². The van der Waals surface area contributed by atoms with E-state index in [1.165, 1.54) is 18.7 Å². The summed E-state index contributed by atoms with van der Waals surface area (Å²) in [5, 5.41) is 2.81. The summed E-state index contributed by atoms with van der Waals surface area (Å²) in [4.78, 5) is 46.7. The molecule has 0 saturated carbocycles. The minimum atomic E-state index is -0.261. The van der Waals surface area contributed by atoms with Gasteiger partial charge in [0.1, 0.15) is 0 Å². The Labute approximate surface area is 169 Å². The third-order valence-corrected chi connectivity index (χ3v) is 4.68. The summed E-state index contributed by atoms with van der Waals surface area (Å²) in [6, 6.07) is 4.85. The summed E-state index contributed by atoms with van der Waals surface area (Å²) in [5.74, 6) is -0.351. The minimum absolute atomic E-state index is 0.180. The average molecular weight is 399 g/mol. The van der Waals surface area contributed by atoms with E-state index in [1.54, 1.807) is 28.0 Å². The Morgan fingerprint density at radius 3 is 2.34 bits per heavy atom. The molecule has 3 rings (SSSR count). The van der Waals surface area contributed by atoms with Crippen LogP contribution in [0.25, 0.3) is 0 Å². The fourth-order valence-corrected chi connectivity index (χ4v) is 3.03. The molecule has 3 heterocycles. The predicted octanol–water partition coefficient (Wildman–Crippen LogP) is 0.564. The first-order valence-electron chi connectivity index (χ1n) is 9.45. The lowest BCUT2D eigenvalue weighted by Gasteiger charge is -2.34. The Hall–Kier alpha value is -3.20. The number of hydrogen-bond donors (Lipinski definition) is 1. The van der Waals surface area contributed by atoms with Gasteiger partial charge in [0, 0.05) is 51.7 Å². The number of likely N-dealkylation sites (N-methyl/N-ethyl adjacent to an activating group) is 1. The second-order valence-electron chi connectivity index (χ2n) is 7.08. The molecule has 29 heavy (non-hydrogen) atoms. The molecule has 2 aromatic heterocycles. The maximum Gasteiger partial charge on any atom is 0.289 e. The standard InChI is InChI=1S/C20H25N5O4/c1-23(2)6-5-22-18(26)15-12-16(14-21-13-15)19(27)24-7-9-25(10-8-24)20(28)17-4-3-11-29-17/h3-4,11-14H,5-10H2,1-2H3,(H,22,26). The third-order valence-electron chi connectivity index (χ3n) is 4.68. The van der Waals surface area contributed by atoms with Crippen LogP contribution >= 0.6 is 0 Å². The zero-order chi connectivity index (χ0) is 20.8. The number of piperazine rings is 1. The van der Waals surface area contributed by atoms with Gasteiger partial charge in [-0.05, 0) is 32.3 Å². The molecular weight excluding hydrogens is 374 g/mol. The number of pyridine rings is 1. The normalized spacial score (nSPS) is 14.2. The van der Waals surface area contributed by atoms with Gasteiger partial charge in [0.15, 0.2) is 5.76 Å². The topological polar surface area (TPSA) is 99.0 Å². The summed E-state index contributed by atoms with van der Waals surface area (Å²) < 4.78 is 5.15. The van der Waals surface area contributed by atoms with E-state index in [0.717, 1.165) is 6.54 Å². The van der Waals surface area contributed by atoms with Crippen molar-refractivity contribution in [3.05, 3.63) is 53.7 Å². The first-order chi connectivity index (χ1) is 14.0. The van der Waals surface area contributed by atoms with E-state index in [9.17, 15) is 14.4 Å². The molecule has 0 aromatic carbocycles. The molecular formula is C20H25N5O4. The highest BCUT2D eigenvalue weighted by Crippen LogP contribution is 2.13. The lowest BCUT2D eigenvalue weighted by Crippen LogP contribution is -2.50. The lowest BCUT2D eigenvalue weighted by molar-refractivity contribution is 0.0518. The highest BCUT2D eigenvalue weighted by molar-refractivity contribution is 5.99. The van der Waals surface area contributed by atoms with Crippen molar-refractivity contribution in [2.75, 3.05) is 53.4 Å². The molecule has 154 valence electrons. The van der Waals surface area contributed by atoms with Crippen LogP contribution in [0.4, 0.5) is 0 Å². The highest BCUT2D eigenvalue weighted by atomic mass is 16.3. The molecule has 0 unspecified atom stereocenters. The number of nitrogens with zero attached hydrogens (tertiary/aromatic N) is 4. The van der Waals surface area contributed by atoms with E-state index in [0.29, 0.717) is 49.6 Å². The average Bonchev–Trinajstić information content (AvgIpc) is 3.27. The van der Waals surface area contributed by atoms with Gasteiger partial charge in [0.25, 0.3) is 17.7 Å². The third kappa shape index (κ3) is 5.20. The lowest BCUT2D eigenvalue weighted by atomic mass is 10.1. The molecule has 3 amide bonds. The van der Waals surface area contributed by atoms with E-state index in [4.69, 9.17) is 4.42 Å². The molecule has 1 saturated heterocycles. The van der Waals surface area contributed by atoms with Crippen LogP contribution < -0.4 is 5.32 Å². The predicted molar refractivity (Wildman–Crippen MR) is 106 cm³/mol. The van der Waals surface area contributed by atoms with Gasteiger partial charge < -0.3 is 24.4 Å².